The van der Waals surface area contributed by atoms with Crippen molar-refractivity contribution in [3.63, 3.8) is 0 Å². The van der Waals surface area contributed by atoms with Crippen molar-refractivity contribution < 1.29 is 14.3 Å². The first-order valence-electron chi connectivity index (χ1n) is 9.39. The molecule has 27 heavy (non-hydrogen) atoms. The lowest BCUT2D eigenvalue weighted by molar-refractivity contribution is -0.146. The molecule has 1 fully saturated rings. The van der Waals surface area contributed by atoms with E-state index in [0.29, 0.717) is 25.6 Å². The van der Waals surface area contributed by atoms with Crippen LogP contribution in [0.4, 0.5) is 0 Å². The number of rotatable bonds is 5. The number of nitrogens with zero attached hydrogens (tertiary/aromatic N) is 1. The van der Waals surface area contributed by atoms with E-state index in [9.17, 15) is 9.59 Å². The largest absolute Gasteiger partial charge is 0.497 e. The van der Waals surface area contributed by atoms with E-state index in [0.717, 1.165) is 30.6 Å². The number of nitrogens with one attached hydrogen (secondary N) is 1. The summed E-state index contributed by atoms with van der Waals surface area (Å²) in [5.41, 5.74) is 2.26. The lowest BCUT2D eigenvalue weighted by atomic mass is 9.90. The van der Waals surface area contributed by atoms with E-state index in [1.165, 1.54) is 5.56 Å². The van der Waals surface area contributed by atoms with Crippen molar-refractivity contribution in [1.82, 2.24) is 10.2 Å². The maximum absolute atomic E-state index is 12.4. The minimum atomic E-state index is -0.535. The highest BCUT2D eigenvalue weighted by atomic mass is 16.5. The zero-order chi connectivity index (χ0) is 19.1. The summed E-state index contributed by atoms with van der Waals surface area (Å²) in [6.07, 6.45) is 2.91. The Hall–Kier alpha value is -2.82. The van der Waals surface area contributed by atoms with Crippen molar-refractivity contribution in [2.45, 2.75) is 25.8 Å². The fourth-order valence-electron chi connectivity index (χ4n) is 3.43. The average molecular weight is 366 g/mol. The number of hydrogen-bond donors (Lipinski definition) is 1. The highest BCUT2D eigenvalue weighted by Crippen LogP contribution is 2.21. The number of hydrogen-bond acceptors (Lipinski definition) is 3. The van der Waals surface area contributed by atoms with Gasteiger partial charge in [-0.25, -0.2) is 0 Å². The Kier molecular flexibility index (Phi) is 6.47. The number of carbonyl (C=O) groups is 2. The summed E-state index contributed by atoms with van der Waals surface area (Å²) < 4.78 is 5.11. The number of ether oxygens (including phenoxy) is 1. The molecule has 0 aliphatic carbocycles. The second-order valence-electron chi connectivity index (χ2n) is 6.96. The highest BCUT2D eigenvalue weighted by molar-refractivity contribution is 6.34. The van der Waals surface area contributed by atoms with Crippen molar-refractivity contribution in [1.29, 1.82) is 0 Å². The van der Waals surface area contributed by atoms with E-state index in [1.807, 2.05) is 30.3 Å². The molecule has 0 bridgehead atoms. The molecule has 0 unspecified atom stereocenters. The van der Waals surface area contributed by atoms with Crippen LogP contribution in [-0.4, -0.2) is 36.9 Å². The number of carbonyl (C=O) groups excluding carboxylic acids is 2. The van der Waals surface area contributed by atoms with Crippen LogP contribution in [0.3, 0.4) is 0 Å². The van der Waals surface area contributed by atoms with Gasteiger partial charge >= 0.3 is 11.8 Å². The first kappa shape index (κ1) is 19.0. The molecule has 0 aromatic heterocycles. The molecule has 1 aliphatic rings. The van der Waals surface area contributed by atoms with Crippen LogP contribution >= 0.6 is 0 Å². The van der Waals surface area contributed by atoms with Crippen molar-refractivity contribution in [2.75, 3.05) is 20.2 Å². The van der Waals surface area contributed by atoms with Crippen LogP contribution in [0.5, 0.6) is 5.75 Å². The molecule has 5 nitrogen and oxygen atoms in total. The number of piperidine rings is 1. The maximum atomic E-state index is 12.4. The molecule has 2 amide bonds. The third-order valence-corrected chi connectivity index (χ3v) is 5.08. The predicted octanol–water partition coefficient (Wildman–Crippen LogP) is 2.79. The van der Waals surface area contributed by atoms with E-state index >= 15 is 0 Å². The first-order chi connectivity index (χ1) is 13.2. The minimum absolute atomic E-state index is 0.332. The predicted molar refractivity (Wildman–Crippen MR) is 104 cm³/mol. The first-order valence-corrected chi connectivity index (χ1v) is 9.39. The smallest absolute Gasteiger partial charge is 0.311 e. The molecule has 0 saturated carbocycles. The van der Waals surface area contributed by atoms with Crippen LogP contribution in [-0.2, 0) is 22.6 Å². The van der Waals surface area contributed by atoms with Crippen LogP contribution in [0.1, 0.15) is 24.0 Å². The van der Waals surface area contributed by atoms with Crippen LogP contribution in [0.2, 0.25) is 0 Å². The van der Waals surface area contributed by atoms with Gasteiger partial charge in [0.1, 0.15) is 5.75 Å². The van der Waals surface area contributed by atoms with Gasteiger partial charge in [-0.3, -0.25) is 9.59 Å². The Labute approximate surface area is 160 Å². The number of methoxy groups -OCH3 is 1. The van der Waals surface area contributed by atoms with Gasteiger partial charge < -0.3 is 15.0 Å². The molecule has 5 heteroatoms. The van der Waals surface area contributed by atoms with Gasteiger partial charge in [0.15, 0.2) is 0 Å². The zero-order valence-electron chi connectivity index (χ0n) is 15.7. The highest BCUT2D eigenvalue weighted by Gasteiger charge is 2.26. The molecule has 3 rings (SSSR count). The number of benzene rings is 2. The molecule has 0 atom stereocenters. The Bertz CT molecular complexity index is 751. The van der Waals surface area contributed by atoms with Crippen molar-refractivity contribution >= 4 is 11.8 Å². The van der Waals surface area contributed by atoms with Gasteiger partial charge in [0, 0.05) is 19.6 Å². The van der Waals surface area contributed by atoms with Gasteiger partial charge in [0.2, 0.25) is 0 Å². The third-order valence-electron chi connectivity index (χ3n) is 5.08. The van der Waals surface area contributed by atoms with E-state index in [4.69, 9.17) is 4.74 Å². The van der Waals surface area contributed by atoms with Gasteiger partial charge in [0.25, 0.3) is 0 Å². The van der Waals surface area contributed by atoms with E-state index < -0.39 is 11.8 Å². The van der Waals surface area contributed by atoms with E-state index in [1.54, 1.807) is 12.0 Å². The maximum Gasteiger partial charge on any atom is 0.311 e. The SMILES string of the molecule is COc1ccc(CNC(=O)C(=O)N2CCC(Cc3ccccc3)CC2)cc1. The molecule has 0 radical (unpaired) electrons. The summed E-state index contributed by atoms with van der Waals surface area (Å²) in [7, 11) is 1.61. The zero-order valence-corrected chi connectivity index (χ0v) is 15.7. The molecule has 0 spiro atoms. The second kappa shape index (κ2) is 9.21. The standard InChI is InChI=1S/C22H26N2O3/c1-27-20-9-7-19(8-10-20)16-23-21(25)22(26)24-13-11-18(12-14-24)15-17-5-3-2-4-6-17/h2-10,18H,11-16H2,1H3,(H,23,25). The molecule has 1 N–H and O–H groups in total. The summed E-state index contributed by atoms with van der Waals surface area (Å²) in [6.45, 7) is 1.62. The summed E-state index contributed by atoms with van der Waals surface area (Å²) in [4.78, 5) is 26.2. The van der Waals surface area contributed by atoms with Crippen molar-refractivity contribution in [3.05, 3.63) is 65.7 Å². The Morgan fingerprint density at radius 2 is 1.67 bits per heavy atom. The van der Waals surface area contributed by atoms with Crippen LogP contribution in [0.25, 0.3) is 0 Å². The molecule has 2 aromatic rings. The van der Waals surface area contributed by atoms with Crippen molar-refractivity contribution in [2.24, 2.45) is 5.92 Å². The Morgan fingerprint density at radius 3 is 2.30 bits per heavy atom. The summed E-state index contributed by atoms with van der Waals surface area (Å²) in [5, 5.41) is 2.71. The molecule has 1 saturated heterocycles. The number of likely N-dealkylation sites (tertiary alicyclic amines) is 1. The lowest BCUT2D eigenvalue weighted by Crippen LogP contribution is -2.46. The van der Waals surface area contributed by atoms with Gasteiger partial charge in [-0.2, -0.15) is 0 Å². The lowest BCUT2D eigenvalue weighted by Gasteiger charge is -2.31. The summed E-state index contributed by atoms with van der Waals surface area (Å²) in [5.74, 6) is 0.368. The fourth-order valence-corrected chi connectivity index (χ4v) is 3.43. The monoisotopic (exact) mass is 366 g/mol. The third kappa shape index (κ3) is 5.33. The molecular weight excluding hydrogens is 340 g/mol. The average Bonchev–Trinajstić information content (AvgIpc) is 2.73. The normalized spacial score (nSPS) is 14.6. The Morgan fingerprint density at radius 1 is 1.00 bits per heavy atom. The van der Waals surface area contributed by atoms with Gasteiger partial charge in [-0.1, -0.05) is 42.5 Å². The van der Waals surface area contributed by atoms with Gasteiger partial charge in [0.05, 0.1) is 7.11 Å². The van der Waals surface area contributed by atoms with Crippen molar-refractivity contribution in [3.8, 4) is 5.75 Å². The molecule has 1 heterocycles. The molecular formula is C22H26N2O3. The number of amides is 2. The topological polar surface area (TPSA) is 58.6 Å². The van der Waals surface area contributed by atoms with Crippen LogP contribution in [0, 0.1) is 5.92 Å². The molecule has 2 aromatic carbocycles. The minimum Gasteiger partial charge on any atom is -0.497 e. The van der Waals surface area contributed by atoms with E-state index in [-0.39, 0.29) is 0 Å². The molecule has 1 aliphatic heterocycles. The molecule has 142 valence electrons. The fraction of sp³-hybridized carbons (Fsp3) is 0.364. The summed E-state index contributed by atoms with van der Waals surface area (Å²) >= 11 is 0. The Balaban J connectivity index is 1.43. The van der Waals surface area contributed by atoms with Crippen LogP contribution < -0.4 is 10.1 Å². The van der Waals surface area contributed by atoms with E-state index in [2.05, 4.69) is 29.6 Å². The quantitative estimate of drug-likeness (QED) is 0.828. The summed E-state index contributed by atoms with van der Waals surface area (Å²) in [6, 6.07) is 17.8. The second-order valence-corrected chi connectivity index (χ2v) is 6.96. The van der Waals surface area contributed by atoms with Gasteiger partial charge in [-0.05, 0) is 48.4 Å². The van der Waals surface area contributed by atoms with Crippen LogP contribution in [0.15, 0.2) is 54.6 Å². The van der Waals surface area contributed by atoms with Gasteiger partial charge in [-0.15, -0.1) is 0 Å².